The molecule has 0 saturated heterocycles. The first kappa shape index (κ1) is 12.3. The first-order chi connectivity index (χ1) is 7.09. The molecule has 0 aliphatic heterocycles. The Morgan fingerprint density at radius 3 is 2.87 bits per heavy atom. The van der Waals surface area contributed by atoms with Gasteiger partial charge >= 0.3 is 0 Å². The second-order valence-corrected chi connectivity index (χ2v) is 5.06. The van der Waals surface area contributed by atoms with E-state index in [1.165, 1.54) is 36.8 Å². The van der Waals surface area contributed by atoms with Crippen LogP contribution in [0.5, 0.6) is 0 Å². The molecule has 0 aromatic heterocycles. The van der Waals surface area contributed by atoms with Gasteiger partial charge in [-0.1, -0.05) is 42.9 Å². The van der Waals surface area contributed by atoms with Crippen molar-refractivity contribution in [2.45, 2.75) is 46.5 Å². The molecule has 0 aromatic carbocycles. The number of hydrogen-bond acceptors (Lipinski definition) is 0. The molecule has 0 heteroatoms. The van der Waals surface area contributed by atoms with Crippen LogP contribution in [0.15, 0.2) is 36.0 Å². The Balaban J connectivity index is 2.34. The van der Waals surface area contributed by atoms with Gasteiger partial charge in [0.05, 0.1) is 0 Å². The van der Waals surface area contributed by atoms with Crippen molar-refractivity contribution in [3.63, 3.8) is 0 Å². The van der Waals surface area contributed by atoms with Gasteiger partial charge in [0.15, 0.2) is 0 Å². The molecule has 1 aliphatic carbocycles. The molecular formula is C15H24. The van der Waals surface area contributed by atoms with Crippen LogP contribution in [-0.4, -0.2) is 0 Å². The van der Waals surface area contributed by atoms with E-state index in [-0.39, 0.29) is 0 Å². The van der Waals surface area contributed by atoms with Crippen molar-refractivity contribution in [1.82, 2.24) is 0 Å². The lowest BCUT2D eigenvalue weighted by molar-refractivity contribution is 0.377. The third-order valence-electron chi connectivity index (χ3n) is 3.28. The lowest BCUT2D eigenvalue weighted by Gasteiger charge is -2.23. The van der Waals surface area contributed by atoms with Gasteiger partial charge in [0.1, 0.15) is 0 Å². The van der Waals surface area contributed by atoms with Crippen LogP contribution >= 0.6 is 0 Å². The summed E-state index contributed by atoms with van der Waals surface area (Å²) in [7, 11) is 0. The lowest BCUT2D eigenvalue weighted by Crippen LogP contribution is -2.12. The summed E-state index contributed by atoms with van der Waals surface area (Å²) < 4.78 is 0. The number of allylic oxidation sites excluding steroid dienone is 5. The van der Waals surface area contributed by atoms with Crippen LogP contribution in [0.2, 0.25) is 0 Å². The molecule has 0 N–H and O–H groups in total. The zero-order valence-electron chi connectivity index (χ0n) is 10.4. The molecule has 0 aromatic rings. The quantitative estimate of drug-likeness (QED) is 0.572. The Morgan fingerprint density at radius 1 is 1.60 bits per heavy atom. The number of rotatable bonds is 4. The average Bonchev–Trinajstić information content (AvgIpc) is 2.18. The van der Waals surface area contributed by atoms with E-state index in [2.05, 4.69) is 45.6 Å². The molecule has 1 rings (SSSR count). The van der Waals surface area contributed by atoms with Crippen molar-refractivity contribution in [3.05, 3.63) is 36.0 Å². The predicted molar refractivity (Wildman–Crippen MR) is 68.8 cm³/mol. The van der Waals surface area contributed by atoms with Crippen LogP contribution < -0.4 is 0 Å². The van der Waals surface area contributed by atoms with Gasteiger partial charge in [0, 0.05) is 0 Å². The summed E-state index contributed by atoms with van der Waals surface area (Å²) in [6.07, 6.45) is 12.0. The van der Waals surface area contributed by atoms with E-state index in [9.17, 15) is 0 Å². The second-order valence-electron chi connectivity index (χ2n) is 5.06. The van der Waals surface area contributed by atoms with E-state index in [1.807, 2.05) is 0 Å². The summed E-state index contributed by atoms with van der Waals surface area (Å²) in [4.78, 5) is 0. The molecule has 0 heterocycles. The average molecular weight is 204 g/mol. The summed E-state index contributed by atoms with van der Waals surface area (Å²) in [6.45, 7) is 10.7. The highest BCUT2D eigenvalue weighted by atomic mass is 14.2. The normalized spacial score (nSPS) is 22.6. The molecule has 0 nitrogen and oxygen atoms in total. The van der Waals surface area contributed by atoms with Crippen LogP contribution in [0, 0.1) is 11.8 Å². The Hall–Kier alpha value is -0.780. The monoisotopic (exact) mass is 204 g/mol. The Labute approximate surface area is 94.8 Å². The zero-order valence-corrected chi connectivity index (χ0v) is 10.4. The summed E-state index contributed by atoms with van der Waals surface area (Å²) in [5, 5.41) is 0. The standard InChI is InChI=1S/C15H24/c1-12(2)6-5-7-14(4)15-10-8-13(3)9-11-15/h6,8,10,14-15H,3,5,7,9,11H2,1-2,4H3/t14-,15-/m1/s1. The largest absolute Gasteiger partial charge is 0.0958 e. The maximum atomic E-state index is 4.00. The van der Waals surface area contributed by atoms with Gasteiger partial charge in [0.2, 0.25) is 0 Å². The lowest BCUT2D eigenvalue weighted by atomic mass is 9.82. The fourth-order valence-corrected chi connectivity index (χ4v) is 2.11. The summed E-state index contributed by atoms with van der Waals surface area (Å²) in [6, 6.07) is 0. The molecule has 2 atom stereocenters. The van der Waals surface area contributed by atoms with Gasteiger partial charge in [-0.3, -0.25) is 0 Å². The predicted octanol–water partition coefficient (Wildman–Crippen LogP) is 4.89. The molecule has 0 saturated carbocycles. The smallest absolute Gasteiger partial charge is 0.0201 e. The summed E-state index contributed by atoms with van der Waals surface area (Å²) in [5.74, 6) is 1.59. The number of hydrogen-bond donors (Lipinski definition) is 0. The van der Waals surface area contributed by atoms with Crippen LogP contribution in [-0.2, 0) is 0 Å². The molecule has 0 spiro atoms. The van der Waals surface area contributed by atoms with E-state index in [1.54, 1.807) is 0 Å². The molecule has 84 valence electrons. The third kappa shape index (κ3) is 4.51. The SMILES string of the molecule is C=C1C=C[C@@H]([C@H](C)CCC=C(C)C)CC1. The van der Waals surface area contributed by atoms with Gasteiger partial charge in [-0.2, -0.15) is 0 Å². The van der Waals surface area contributed by atoms with Crippen LogP contribution in [0.3, 0.4) is 0 Å². The third-order valence-corrected chi connectivity index (χ3v) is 3.28. The van der Waals surface area contributed by atoms with Gasteiger partial charge in [-0.25, -0.2) is 0 Å². The molecule has 1 aliphatic rings. The van der Waals surface area contributed by atoms with Crippen LogP contribution in [0.1, 0.15) is 46.5 Å². The van der Waals surface area contributed by atoms with Crippen molar-refractivity contribution >= 4 is 0 Å². The Morgan fingerprint density at radius 2 is 2.33 bits per heavy atom. The molecule has 15 heavy (non-hydrogen) atoms. The van der Waals surface area contributed by atoms with Crippen LogP contribution in [0.4, 0.5) is 0 Å². The first-order valence-corrected chi connectivity index (χ1v) is 6.09. The molecule has 0 unspecified atom stereocenters. The van der Waals surface area contributed by atoms with E-state index in [4.69, 9.17) is 0 Å². The maximum absolute atomic E-state index is 4.00. The van der Waals surface area contributed by atoms with E-state index >= 15 is 0 Å². The Bertz CT molecular complexity index is 264. The van der Waals surface area contributed by atoms with Gasteiger partial charge < -0.3 is 0 Å². The fraction of sp³-hybridized carbons (Fsp3) is 0.600. The van der Waals surface area contributed by atoms with E-state index in [0.717, 1.165) is 11.8 Å². The second kappa shape index (κ2) is 5.95. The fourth-order valence-electron chi connectivity index (χ4n) is 2.11. The Kier molecular flexibility index (Phi) is 4.87. The summed E-state index contributed by atoms with van der Waals surface area (Å²) in [5.41, 5.74) is 2.73. The van der Waals surface area contributed by atoms with Crippen LogP contribution in [0.25, 0.3) is 0 Å². The van der Waals surface area contributed by atoms with Crippen molar-refractivity contribution in [2.75, 3.05) is 0 Å². The minimum absolute atomic E-state index is 0.779. The van der Waals surface area contributed by atoms with Gasteiger partial charge in [-0.15, -0.1) is 0 Å². The summed E-state index contributed by atoms with van der Waals surface area (Å²) >= 11 is 0. The van der Waals surface area contributed by atoms with Gasteiger partial charge in [0.25, 0.3) is 0 Å². The van der Waals surface area contributed by atoms with Crippen molar-refractivity contribution in [2.24, 2.45) is 11.8 Å². The topological polar surface area (TPSA) is 0 Å². The van der Waals surface area contributed by atoms with Crippen molar-refractivity contribution in [3.8, 4) is 0 Å². The molecule has 0 bridgehead atoms. The minimum atomic E-state index is 0.779. The van der Waals surface area contributed by atoms with Crippen molar-refractivity contribution < 1.29 is 0 Å². The first-order valence-electron chi connectivity index (χ1n) is 6.09. The maximum Gasteiger partial charge on any atom is -0.0201 e. The van der Waals surface area contributed by atoms with E-state index < -0.39 is 0 Å². The molecule has 0 radical (unpaired) electrons. The highest BCUT2D eigenvalue weighted by Gasteiger charge is 2.16. The molecule has 0 amide bonds. The van der Waals surface area contributed by atoms with Gasteiger partial charge in [-0.05, 0) is 51.4 Å². The highest BCUT2D eigenvalue weighted by molar-refractivity contribution is 5.19. The highest BCUT2D eigenvalue weighted by Crippen LogP contribution is 2.29. The molecule has 0 fully saturated rings. The van der Waals surface area contributed by atoms with E-state index in [0.29, 0.717) is 0 Å². The minimum Gasteiger partial charge on any atom is -0.0958 e. The molecular weight excluding hydrogens is 180 g/mol. The zero-order chi connectivity index (χ0) is 11.3. The van der Waals surface area contributed by atoms with Crippen molar-refractivity contribution in [1.29, 1.82) is 0 Å².